The van der Waals surface area contributed by atoms with Gasteiger partial charge in [0, 0.05) is 10.1 Å². The zero-order valence-electron chi connectivity index (χ0n) is 14.4. The van der Waals surface area contributed by atoms with Crippen molar-refractivity contribution in [3.63, 3.8) is 0 Å². The van der Waals surface area contributed by atoms with Crippen molar-refractivity contribution < 1.29 is 14.3 Å². The summed E-state index contributed by atoms with van der Waals surface area (Å²) in [4.78, 5) is 25.1. The summed E-state index contributed by atoms with van der Waals surface area (Å²) in [5.41, 5.74) is 3.75. The molecule has 3 aromatic rings. The number of esters is 1. The average molecular weight is 353 g/mol. The van der Waals surface area contributed by atoms with E-state index in [1.54, 1.807) is 0 Å². The van der Waals surface area contributed by atoms with Gasteiger partial charge in [0.15, 0.2) is 0 Å². The molecule has 0 bridgehead atoms. The van der Waals surface area contributed by atoms with E-state index in [1.807, 2.05) is 50.2 Å². The second kappa shape index (κ2) is 7.07. The van der Waals surface area contributed by atoms with Gasteiger partial charge in [-0.25, -0.2) is 4.79 Å². The number of ether oxygens (including phenoxy) is 1. The number of anilines is 1. The van der Waals surface area contributed by atoms with Gasteiger partial charge in [-0.05, 0) is 31.0 Å². The zero-order chi connectivity index (χ0) is 18.0. The molecule has 0 atom stereocenters. The quantitative estimate of drug-likeness (QED) is 0.703. The van der Waals surface area contributed by atoms with Crippen LogP contribution in [0.2, 0.25) is 0 Å². The number of rotatable bonds is 4. The Balaban J connectivity index is 1.91. The molecule has 1 N–H and O–H groups in total. The van der Waals surface area contributed by atoms with Crippen LogP contribution >= 0.6 is 11.3 Å². The van der Waals surface area contributed by atoms with Crippen molar-refractivity contribution in [2.45, 2.75) is 20.3 Å². The topological polar surface area (TPSA) is 55.4 Å². The molecule has 0 unspecified atom stereocenters. The molecule has 2 aromatic carbocycles. The molecule has 25 heavy (non-hydrogen) atoms. The highest BCUT2D eigenvalue weighted by Crippen LogP contribution is 2.36. The predicted octanol–water partition coefficient (Wildman–Crippen LogP) is 4.49. The van der Waals surface area contributed by atoms with Crippen LogP contribution in [0.4, 0.5) is 5.69 Å². The summed E-state index contributed by atoms with van der Waals surface area (Å²) in [6.07, 6.45) is 0.261. The molecule has 0 spiro atoms. The van der Waals surface area contributed by atoms with Gasteiger partial charge in [-0.1, -0.05) is 42.0 Å². The Labute approximate surface area is 150 Å². The number of hydrogen-bond acceptors (Lipinski definition) is 4. The number of fused-ring (bicyclic) bond motifs is 1. The van der Waals surface area contributed by atoms with E-state index in [2.05, 4.69) is 11.4 Å². The van der Waals surface area contributed by atoms with Gasteiger partial charge in [0.2, 0.25) is 5.91 Å². The van der Waals surface area contributed by atoms with Gasteiger partial charge in [-0.3, -0.25) is 4.79 Å². The predicted molar refractivity (Wildman–Crippen MR) is 101 cm³/mol. The van der Waals surface area contributed by atoms with Gasteiger partial charge >= 0.3 is 5.97 Å². The Hall–Kier alpha value is -2.66. The summed E-state index contributed by atoms with van der Waals surface area (Å²) >= 11 is 1.32. The zero-order valence-corrected chi connectivity index (χ0v) is 15.2. The Kier molecular flexibility index (Phi) is 4.86. The summed E-state index contributed by atoms with van der Waals surface area (Å²) in [6.45, 7) is 4.02. The molecule has 0 aliphatic rings. The Morgan fingerprint density at radius 3 is 2.60 bits per heavy atom. The van der Waals surface area contributed by atoms with Gasteiger partial charge in [0.1, 0.15) is 4.88 Å². The fraction of sp³-hybridized carbons (Fsp3) is 0.200. The fourth-order valence-electron chi connectivity index (χ4n) is 2.81. The summed E-state index contributed by atoms with van der Waals surface area (Å²) in [6, 6.07) is 13.6. The number of hydrogen-bond donors (Lipinski definition) is 1. The molecule has 1 aromatic heterocycles. The molecule has 0 saturated carbocycles. The maximum atomic E-state index is 12.6. The lowest BCUT2D eigenvalue weighted by molar-refractivity contribution is -0.115. The van der Waals surface area contributed by atoms with Gasteiger partial charge < -0.3 is 10.1 Å². The molecular weight excluding hydrogens is 334 g/mol. The van der Waals surface area contributed by atoms with E-state index in [0.29, 0.717) is 10.6 Å². The normalized spacial score (nSPS) is 10.7. The van der Waals surface area contributed by atoms with Crippen molar-refractivity contribution >= 4 is 39.0 Å². The third kappa shape index (κ3) is 3.56. The number of aryl methyl sites for hydroxylation is 2. The monoisotopic (exact) mass is 353 g/mol. The molecule has 5 heteroatoms. The first kappa shape index (κ1) is 17.2. The van der Waals surface area contributed by atoms with Gasteiger partial charge in [0.25, 0.3) is 0 Å². The van der Waals surface area contributed by atoms with Crippen molar-refractivity contribution in [1.29, 1.82) is 0 Å². The third-order valence-electron chi connectivity index (χ3n) is 4.08. The summed E-state index contributed by atoms with van der Waals surface area (Å²) in [5.74, 6) is -0.594. The number of nitrogens with one attached hydrogen (secondary N) is 1. The molecule has 1 heterocycles. The van der Waals surface area contributed by atoms with Crippen molar-refractivity contribution in [3.05, 3.63) is 64.0 Å². The number of benzene rings is 2. The molecule has 0 fully saturated rings. The molecule has 3 rings (SSSR count). The van der Waals surface area contributed by atoms with E-state index < -0.39 is 5.97 Å². The molecule has 0 aliphatic carbocycles. The largest absolute Gasteiger partial charge is 0.465 e. The number of thiophene rings is 1. The lowest BCUT2D eigenvalue weighted by Gasteiger charge is -2.09. The standard InChI is InChI=1S/C20H19NO3S/c1-12-8-9-14(13(2)10-12)11-17(22)21-18-15-6-4-5-7-16(15)25-19(18)20(23)24-3/h4-10H,11H2,1-3H3,(H,21,22). The maximum Gasteiger partial charge on any atom is 0.350 e. The molecule has 0 radical (unpaired) electrons. The number of carbonyl (C=O) groups excluding carboxylic acids is 2. The molecule has 128 valence electrons. The van der Waals surface area contributed by atoms with Gasteiger partial charge in [-0.15, -0.1) is 11.3 Å². The van der Waals surface area contributed by atoms with E-state index in [0.717, 1.165) is 21.2 Å². The maximum absolute atomic E-state index is 12.6. The molecular formula is C20H19NO3S. The van der Waals surface area contributed by atoms with Crippen LogP contribution < -0.4 is 5.32 Å². The molecule has 4 nitrogen and oxygen atoms in total. The minimum Gasteiger partial charge on any atom is -0.465 e. The van der Waals surface area contributed by atoms with E-state index in [9.17, 15) is 9.59 Å². The van der Waals surface area contributed by atoms with Crippen LogP contribution in [0.1, 0.15) is 26.4 Å². The van der Waals surface area contributed by atoms with E-state index in [1.165, 1.54) is 24.0 Å². The first-order valence-electron chi connectivity index (χ1n) is 7.95. The van der Waals surface area contributed by atoms with Crippen LogP contribution in [-0.4, -0.2) is 19.0 Å². The number of amides is 1. The molecule has 1 amide bonds. The molecule has 0 aliphatic heterocycles. The van der Waals surface area contributed by atoms with Crippen LogP contribution in [0, 0.1) is 13.8 Å². The first-order valence-corrected chi connectivity index (χ1v) is 8.77. The summed E-state index contributed by atoms with van der Waals surface area (Å²) in [5, 5.41) is 3.76. The minimum atomic E-state index is -0.442. The third-order valence-corrected chi connectivity index (χ3v) is 5.23. The van der Waals surface area contributed by atoms with Crippen LogP contribution in [0.3, 0.4) is 0 Å². The highest BCUT2D eigenvalue weighted by atomic mass is 32.1. The summed E-state index contributed by atoms with van der Waals surface area (Å²) in [7, 11) is 1.34. The molecule has 0 saturated heterocycles. The van der Waals surface area contributed by atoms with E-state index in [-0.39, 0.29) is 12.3 Å². The second-order valence-corrected chi connectivity index (χ2v) is 7.00. The van der Waals surface area contributed by atoms with Gasteiger partial charge in [-0.2, -0.15) is 0 Å². The second-order valence-electron chi connectivity index (χ2n) is 5.95. The first-order chi connectivity index (χ1) is 12.0. The lowest BCUT2D eigenvalue weighted by atomic mass is 10.0. The number of methoxy groups -OCH3 is 1. The summed E-state index contributed by atoms with van der Waals surface area (Å²) < 4.78 is 5.79. The van der Waals surface area contributed by atoms with Crippen LogP contribution in [0.5, 0.6) is 0 Å². The van der Waals surface area contributed by atoms with Crippen LogP contribution in [0.25, 0.3) is 10.1 Å². The van der Waals surface area contributed by atoms with Crippen molar-refractivity contribution in [3.8, 4) is 0 Å². The van der Waals surface area contributed by atoms with Crippen molar-refractivity contribution in [2.24, 2.45) is 0 Å². The highest BCUT2D eigenvalue weighted by Gasteiger charge is 2.20. The number of carbonyl (C=O) groups is 2. The van der Waals surface area contributed by atoms with Gasteiger partial charge in [0.05, 0.1) is 19.2 Å². The van der Waals surface area contributed by atoms with E-state index >= 15 is 0 Å². The van der Waals surface area contributed by atoms with Crippen LogP contribution in [-0.2, 0) is 16.0 Å². The van der Waals surface area contributed by atoms with Crippen molar-refractivity contribution in [1.82, 2.24) is 0 Å². The fourth-order valence-corrected chi connectivity index (χ4v) is 3.88. The lowest BCUT2D eigenvalue weighted by Crippen LogP contribution is -2.16. The van der Waals surface area contributed by atoms with E-state index in [4.69, 9.17) is 4.74 Å². The smallest absolute Gasteiger partial charge is 0.350 e. The van der Waals surface area contributed by atoms with Crippen LogP contribution in [0.15, 0.2) is 42.5 Å². The Morgan fingerprint density at radius 2 is 1.88 bits per heavy atom. The SMILES string of the molecule is COC(=O)c1sc2ccccc2c1NC(=O)Cc1ccc(C)cc1C. The Morgan fingerprint density at radius 1 is 1.12 bits per heavy atom. The average Bonchev–Trinajstić information content (AvgIpc) is 2.95. The highest BCUT2D eigenvalue weighted by molar-refractivity contribution is 7.21. The van der Waals surface area contributed by atoms with Crippen molar-refractivity contribution in [2.75, 3.05) is 12.4 Å². The Bertz CT molecular complexity index is 959. The minimum absolute atomic E-state index is 0.152.